The van der Waals surface area contributed by atoms with Crippen molar-refractivity contribution in [3.8, 4) is 5.75 Å². The van der Waals surface area contributed by atoms with Gasteiger partial charge in [-0.15, -0.1) is 0 Å². The molecule has 28 heavy (non-hydrogen) atoms. The molecule has 1 saturated heterocycles. The summed E-state index contributed by atoms with van der Waals surface area (Å²) >= 11 is 0. The summed E-state index contributed by atoms with van der Waals surface area (Å²) in [4.78, 5) is 28.9. The topological polar surface area (TPSA) is 63.0 Å². The molecular weight excluding hydrogens is 356 g/mol. The molecule has 3 aromatic rings. The number of carbonyl (C=O) groups excluding carboxylic acids is 2. The highest BCUT2D eigenvalue weighted by Gasteiger charge is 2.25. The number of methoxy groups -OCH3 is 1. The molecule has 1 fully saturated rings. The maximum atomic E-state index is 12.7. The van der Waals surface area contributed by atoms with Crippen molar-refractivity contribution in [2.24, 2.45) is 0 Å². The highest BCUT2D eigenvalue weighted by molar-refractivity contribution is 5.94. The van der Waals surface area contributed by atoms with Gasteiger partial charge in [-0.1, -0.05) is 18.2 Å². The van der Waals surface area contributed by atoms with Crippen LogP contribution in [0.15, 0.2) is 59.2 Å². The van der Waals surface area contributed by atoms with Crippen molar-refractivity contribution in [2.45, 2.75) is 6.42 Å². The molecular formula is C22H22N2O4. The van der Waals surface area contributed by atoms with Crippen LogP contribution in [0.3, 0.4) is 0 Å². The van der Waals surface area contributed by atoms with E-state index >= 15 is 0 Å². The summed E-state index contributed by atoms with van der Waals surface area (Å²) in [6.45, 7) is 2.17. The molecule has 1 aromatic heterocycles. The van der Waals surface area contributed by atoms with Crippen molar-refractivity contribution in [3.63, 3.8) is 0 Å². The van der Waals surface area contributed by atoms with Gasteiger partial charge in [0.25, 0.3) is 5.91 Å². The summed E-state index contributed by atoms with van der Waals surface area (Å²) in [7, 11) is 1.61. The average molecular weight is 378 g/mol. The minimum atomic E-state index is 0.0162. The van der Waals surface area contributed by atoms with E-state index in [9.17, 15) is 9.59 Å². The molecule has 0 bridgehead atoms. The molecule has 0 saturated carbocycles. The zero-order valence-electron chi connectivity index (χ0n) is 15.8. The first-order valence-corrected chi connectivity index (χ1v) is 9.32. The molecule has 0 atom stereocenters. The fourth-order valence-electron chi connectivity index (χ4n) is 3.52. The van der Waals surface area contributed by atoms with Crippen molar-refractivity contribution in [1.29, 1.82) is 0 Å². The van der Waals surface area contributed by atoms with Crippen LogP contribution in [-0.2, 0) is 11.2 Å². The number of rotatable bonds is 4. The third kappa shape index (κ3) is 3.58. The van der Waals surface area contributed by atoms with Crippen LogP contribution in [0.4, 0.5) is 0 Å². The monoisotopic (exact) mass is 378 g/mol. The molecule has 0 spiro atoms. The van der Waals surface area contributed by atoms with E-state index in [0.717, 1.165) is 16.7 Å². The predicted molar refractivity (Wildman–Crippen MR) is 105 cm³/mol. The number of carbonyl (C=O) groups is 2. The molecule has 0 radical (unpaired) electrons. The van der Waals surface area contributed by atoms with Crippen LogP contribution in [0.5, 0.6) is 5.75 Å². The number of piperazine rings is 1. The summed E-state index contributed by atoms with van der Waals surface area (Å²) in [5, 5.41) is 0.923. The third-order valence-corrected chi connectivity index (χ3v) is 5.14. The second kappa shape index (κ2) is 7.76. The van der Waals surface area contributed by atoms with E-state index in [-0.39, 0.29) is 18.2 Å². The van der Waals surface area contributed by atoms with Gasteiger partial charge in [-0.2, -0.15) is 0 Å². The van der Waals surface area contributed by atoms with E-state index in [1.165, 1.54) is 0 Å². The molecule has 2 amide bonds. The first-order chi connectivity index (χ1) is 13.7. The van der Waals surface area contributed by atoms with E-state index in [0.29, 0.717) is 37.3 Å². The Hall–Kier alpha value is -3.28. The standard InChI is InChI=1S/C22H22N2O4/c1-27-18-7-8-19-17(15-28-20(19)14-18)13-21(25)23-9-11-24(12-10-23)22(26)16-5-3-2-4-6-16/h2-8,14-15H,9-13H2,1H3. The number of furan rings is 1. The number of nitrogens with zero attached hydrogens (tertiary/aromatic N) is 2. The second-order valence-electron chi connectivity index (χ2n) is 6.84. The van der Waals surface area contributed by atoms with E-state index < -0.39 is 0 Å². The van der Waals surface area contributed by atoms with Crippen LogP contribution in [0.1, 0.15) is 15.9 Å². The van der Waals surface area contributed by atoms with Crippen LogP contribution in [0.2, 0.25) is 0 Å². The van der Waals surface area contributed by atoms with E-state index in [4.69, 9.17) is 9.15 Å². The van der Waals surface area contributed by atoms with Crippen molar-refractivity contribution in [3.05, 3.63) is 65.9 Å². The SMILES string of the molecule is COc1ccc2c(CC(=O)N3CCN(C(=O)c4ccccc4)CC3)coc2c1. The van der Waals surface area contributed by atoms with Crippen LogP contribution in [-0.4, -0.2) is 54.9 Å². The smallest absolute Gasteiger partial charge is 0.253 e. The normalized spacial score (nSPS) is 14.3. The summed E-state index contributed by atoms with van der Waals surface area (Å²) in [5.74, 6) is 0.784. The average Bonchev–Trinajstić information content (AvgIpc) is 3.15. The Bertz CT molecular complexity index is 988. The number of amides is 2. The molecule has 4 rings (SSSR count). The Labute approximate surface area is 163 Å². The maximum absolute atomic E-state index is 12.7. The molecule has 0 N–H and O–H groups in total. The molecule has 0 aliphatic carbocycles. The maximum Gasteiger partial charge on any atom is 0.253 e. The fraction of sp³-hybridized carbons (Fsp3) is 0.273. The largest absolute Gasteiger partial charge is 0.497 e. The van der Waals surface area contributed by atoms with E-state index in [2.05, 4.69) is 0 Å². The summed E-state index contributed by atoms with van der Waals surface area (Å²) in [5.41, 5.74) is 2.26. The highest BCUT2D eigenvalue weighted by Crippen LogP contribution is 2.26. The van der Waals surface area contributed by atoms with Gasteiger partial charge < -0.3 is 19.0 Å². The third-order valence-electron chi connectivity index (χ3n) is 5.14. The summed E-state index contributed by atoms with van der Waals surface area (Å²) < 4.78 is 10.8. The Morgan fingerprint density at radius 1 is 1.00 bits per heavy atom. The van der Waals surface area contributed by atoms with E-state index in [1.807, 2.05) is 53.4 Å². The van der Waals surface area contributed by atoms with Crippen LogP contribution < -0.4 is 4.74 Å². The Morgan fingerprint density at radius 2 is 1.71 bits per heavy atom. The number of benzene rings is 2. The minimum Gasteiger partial charge on any atom is -0.497 e. The molecule has 6 nitrogen and oxygen atoms in total. The Kier molecular flexibility index (Phi) is 5.02. The quantitative estimate of drug-likeness (QED) is 0.700. The van der Waals surface area contributed by atoms with Gasteiger partial charge >= 0.3 is 0 Å². The molecule has 0 unspecified atom stereocenters. The van der Waals surface area contributed by atoms with Gasteiger partial charge in [-0.25, -0.2) is 0 Å². The molecule has 1 aliphatic heterocycles. The van der Waals surface area contributed by atoms with Gasteiger partial charge in [0.1, 0.15) is 11.3 Å². The van der Waals surface area contributed by atoms with Gasteiger partial charge in [0.15, 0.2) is 0 Å². The van der Waals surface area contributed by atoms with Gasteiger partial charge in [0.2, 0.25) is 5.91 Å². The molecule has 144 valence electrons. The van der Waals surface area contributed by atoms with Crippen LogP contribution in [0, 0.1) is 0 Å². The van der Waals surface area contributed by atoms with Crippen LogP contribution >= 0.6 is 0 Å². The lowest BCUT2D eigenvalue weighted by Gasteiger charge is -2.34. The van der Waals surface area contributed by atoms with Gasteiger partial charge in [-0.05, 0) is 24.3 Å². The van der Waals surface area contributed by atoms with Gasteiger partial charge in [-0.3, -0.25) is 9.59 Å². The number of hydrogen-bond acceptors (Lipinski definition) is 4. The van der Waals surface area contributed by atoms with E-state index in [1.54, 1.807) is 18.3 Å². The van der Waals surface area contributed by atoms with Crippen molar-refractivity contribution >= 4 is 22.8 Å². The Morgan fingerprint density at radius 3 is 2.43 bits per heavy atom. The predicted octanol–water partition coefficient (Wildman–Crippen LogP) is 2.97. The molecule has 1 aliphatic rings. The number of hydrogen-bond donors (Lipinski definition) is 0. The van der Waals surface area contributed by atoms with Crippen molar-refractivity contribution < 1.29 is 18.7 Å². The highest BCUT2D eigenvalue weighted by atomic mass is 16.5. The molecule has 2 heterocycles. The minimum absolute atomic E-state index is 0.0162. The second-order valence-corrected chi connectivity index (χ2v) is 6.84. The fourth-order valence-corrected chi connectivity index (χ4v) is 3.52. The zero-order chi connectivity index (χ0) is 19.5. The number of ether oxygens (including phenoxy) is 1. The molecule has 2 aromatic carbocycles. The summed E-state index contributed by atoms with van der Waals surface area (Å²) in [6, 6.07) is 14.8. The van der Waals surface area contributed by atoms with Gasteiger partial charge in [0.05, 0.1) is 19.8 Å². The lowest BCUT2D eigenvalue weighted by atomic mass is 10.1. The first kappa shape index (κ1) is 18.1. The number of fused-ring (bicyclic) bond motifs is 1. The first-order valence-electron chi connectivity index (χ1n) is 9.32. The van der Waals surface area contributed by atoms with Crippen LogP contribution in [0.25, 0.3) is 11.0 Å². The van der Waals surface area contributed by atoms with Crippen molar-refractivity contribution in [1.82, 2.24) is 9.80 Å². The lowest BCUT2D eigenvalue weighted by molar-refractivity contribution is -0.131. The lowest BCUT2D eigenvalue weighted by Crippen LogP contribution is -2.51. The molecule has 6 heteroatoms. The Balaban J connectivity index is 1.37. The zero-order valence-corrected chi connectivity index (χ0v) is 15.8. The summed E-state index contributed by atoms with van der Waals surface area (Å²) in [6.07, 6.45) is 1.92. The van der Waals surface area contributed by atoms with Crippen molar-refractivity contribution in [2.75, 3.05) is 33.3 Å². The van der Waals surface area contributed by atoms with Gasteiger partial charge in [0, 0.05) is 48.8 Å².